The van der Waals surface area contributed by atoms with Crippen LogP contribution in [0.4, 0.5) is 5.69 Å². The lowest BCUT2D eigenvalue weighted by Crippen LogP contribution is -2.28. The van der Waals surface area contributed by atoms with Crippen LogP contribution in [-0.4, -0.2) is 32.7 Å². The first kappa shape index (κ1) is 15.8. The third-order valence-corrected chi connectivity index (χ3v) is 4.30. The second-order valence-corrected chi connectivity index (χ2v) is 6.03. The number of fused-ring (bicyclic) bond motifs is 1. The summed E-state index contributed by atoms with van der Waals surface area (Å²) in [5.74, 6) is -0.0426. The summed E-state index contributed by atoms with van der Waals surface area (Å²) >= 11 is 1.30. The molecule has 9 heteroatoms. The highest BCUT2D eigenvalue weighted by atomic mass is 32.1. The molecule has 0 bridgehead atoms. The highest BCUT2D eigenvalue weighted by Crippen LogP contribution is 2.16. The van der Waals surface area contributed by atoms with E-state index in [9.17, 15) is 19.7 Å². The number of non-ortho nitro benzene ring substituents is 1. The number of benzene rings is 1. The average Bonchev–Trinajstić information content (AvgIpc) is 3.03. The molecule has 1 N–H and O–H groups in total. The van der Waals surface area contributed by atoms with Gasteiger partial charge in [0.25, 0.3) is 17.2 Å². The number of H-pyrrole nitrogens is 1. The van der Waals surface area contributed by atoms with Crippen molar-refractivity contribution in [3.8, 4) is 0 Å². The van der Waals surface area contributed by atoms with Crippen molar-refractivity contribution in [1.29, 1.82) is 0 Å². The molecule has 0 aliphatic carbocycles. The van der Waals surface area contributed by atoms with Gasteiger partial charge in [-0.25, -0.2) is 4.98 Å². The topological polar surface area (TPSA) is 109 Å². The van der Waals surface area contributed by atoms with Gasteiger partial charge >= 0.3 is 0 Å². The van der Waals surface area contributed by atoms with E-state index in [1.54, 1.807) is 18.5 Å². The molecule has 3 rings (SSSR count). The molecule has 0 aliphatic rings. The number of carbonyl (C=O) groups excluding carboxylic acids is 1. The number of rotatable bonds is 4. The van der Waals surface area contributed by atoms with E-state index in [-0.39, 0.29) is 23.4 Å². The Labute approximate surface area is 139 Å². The zero-order chi connectivity index (χ0) is 17.3. The maximum atomic E-state index is 12.4. The Balaban J connectivity index is 1.84. The summed E-state index contributed by atoms with van der Waals surface area (Å²) in [7, 11) is 1.54. The van der Waals surface area contributed by atoms with Crippen molar-refractivity contribution in [2.24, 2.45) is 0 Å². The van der Waals surface area contributed by atoms with Crippen LogP contribution in [0.15, 0.2) is 40.5 Å². The molecule has 0 unspecified atom stereocenters. The van der Waals surface area contributed by atoms with Crippen LogP contribution in [0.1, 0.15) is 16.2 Å². The Morgan fingerprint density at radius 1 is 1.42 bits per heavy atom. The van der Waals surface area contributed by atoms with Gasteiger partial charge < -0.3 is 9.88 Å². The van der Waals surface area contributed by atoms with Crippen molar-refractivity contribution in [3.63, 3.8) is 0 Å². The van der Waals surface area contributed by atoms with Gasteiger partial charge in [0.2, 0.25) is 0 Å². The van der Waals surface area contributed by atoms with Crippen LogP contribution < -0.4 is 5.56 Å². The fraction of sp³-hybridized carbons (Fsp3) is 0.133. The van der Waals surface area contributed by atoms with Gasteiger partial charge in [0.05, 0.1) is 17.0 Å². The average molecular weight is 344 g/mol. The second-order valence-electron chi connectivity index (χ2n) is 5.12. The molecule has 24 heavy (non-hydrogen) atoms. The van der Waals surface area contributed by atoms with Crippen molar-refractivity contribution in [2.45, 2.75) is 6.54 Å². The van der Waals surface area contributed by atoms with E-state index in [2.05, 4.69) is 9.97 Å². The molecule has 1 aromatic carbocycles. The Bertz CT molecular complexity index is 994. The normalized spacial score (nSPS) is 10.7. The first-order valence-electron chi connectivity index (χ1n) is 6.92. The maximum Gasteiger partial charge on any atom is 0.270 e. The molecular formula is C15H12N4O4S. The minimum absolute atomic E-state index is 0.0859. The maximum absolute atomic E-state index is 12.4. The molecule has 0 fully saturated rings. The molecule has 0 spiro atoms. The minimum Gasteiger partial charge on any atom is -0.334 e. The fourth-order valence-corrected chi connectivity index (χ4v) is 2.99. The van der Waals surface area contributed by atoms with E-state index in [1.807, 2.05) is 0 Å². The van der Waals surface area contributed by atoms with Crippen LogP contribution in [0.5, 0.6) is 0 Å². The molecule has 3 aromatic rings. The number of nitrogens with zero attached hydrogens (tertiary/aromatic N) is 3. The van der Waals surface area contributed by atoms with E-state index in [4.69, 9.17) is 0 Å². The van der Waals surface area contributed by atoms with Gasteiger partial charge in [-0.2, -0.15) is 0 Å². The summed E-state index contributed by atoms with van der Waals surface area (Å²) in [6.07, 6.45) is 0. The highest BCUT2D eigenvalue weighted by molar-refractivity contribution is 7.17. The molecule has 0 atom stereocenters. The summed E-state index contributed by atoms with van der Waals surface area (Å²) in [6.45, 7) is 0.0859. The van der Waals surface area contributed by atoms with Crippen LogP contribution in [-0.2, 0) is 6.54 Å². The number of thiophene rings is 1. The van der Waals surface area contributed by atoms with Crippen molar-refractivity contribution in [1.82, 2.24) is 14.9 Å². The molecule has 2 heterocycles. The summed E-state index contributed by atoms with van der Waals surface area (Å²) in [5, 5.41) is 12.6. The molecule has 0 radical (unpaired) electrons. The van der Waals surface area contributed by atoms with Crippen LogP contribution in [0.2, 0.25) is 0 Å². The zero-order valence-electron chi connectivity index (χ0n) is 12.6. The van der Waals surface area contributed by atoms with Gasteiger partial charge in [0.15, 0.2) is 0 Å². The third kappa shape index (κ3) is 3.01. The van der Waals surface area contributed by atoms with Gasteiger partial charge in [-0.1, -0.05) is 6.07 Å². The lowest BCUT2D eigenvalue weighted by Gasteiger charge is -2.16. The minimum atomic E-state index is -0.555. The van der Waals surface area contributed by atoms with Crippen molar-refractivity contribution in [3.05, 3.63) is 67.6 Å². The quantitative estimate of drug-likeness (QED) is 0.576. The van der Waals surface area contributed by atoms with E-state index >= 15 is 0 Å². The Kier molecular flexibility index (Phi) is 4.09. The van der Waals surface area contributed by atoms with Crippen LogP contribution in [0.3, 0.4) is 0 Å². The van der Waals surface area contributed by atoms with E-state index < -0.39 is 10.8 Å². The molecule has 0 aliphatic heterocycles. The summed E-state index contributed by atoms with van der Waals surface area (Å²) in [5.41, 5.74) is 0.377. The molecule has 2 aromatic heterocycles. The Hall–Kier alpha value is -3.07. The summed E-state index contributed by atoms with van der Waals surface area (Å²) < 4.78 is 0.534. The Morgan fingerprint density at radius 2 is 2.21 bits per heavy atom. The second kappa shape index (κ2) is 6.20. The van der Waals surface area contributed by atoms with Gasteiger partial charge in [-0.3, -0.25) is 19.7 Å². The molecule has 8 nitrogen and oxygen atoms in total. The van der Waals surface area contributed by atoms with Gasteiger partial charge in [0.1, 0.15) is 10.5 Å². The van der Waals surface area contributed by atoms with E-state index in [0.717, 1.165) is 0 Å². The van der Waals surface area contributed by atoms with E-state index in [1.165, 1.54) is 40.5 Å². The lowest BCUT2D eigenvalue weighted by molar-refractivity contribution is -0.384. The SMILES string of the molecule is CN(Cc1nc2ccsc2c(=O)[nH]1)C(=O)c1cccc([N+](=O)[O-])c1. The van der Waals surface area contributed by atoms with Crippen molar-refractivity contribution < 1.29 is 9.72 Å². The predicted molar refractivity (Wildman–Crippen MR) is 89.1 cm³/mol. The number of nitro groups is 1. The van der Waals surface area contributed by atoms with E-state index in [0.29, 0.717) is 16.0 Å². The largest absolute Gasteiger partial charge is 0.334 e. The lowest BCUT2D eigenvalue weighted by atomic mass is 10.2. The summed E-state index contributed by atoms with van der Waals surface area (Å²) in [4.78, 5) is 42.9. The number of nitrogens with one attached hydrogen (secondary N) is 1. The number of amides is 1. The monoisotopic (exact) mass is 344 g/mol. The van der Waals surface area contributed by atoms with Gasteiger partial charge in [0, 0.05) is 24.7 Å². The zero-order valence-corrected chi connectivity index (χ0v) is 13.4. The fourth-order valence-electron chi connectivity index (χ4n) is 2.27. The first-order valence-corrected chi connectivity index (χ1v) is 7.80. The highest BCUT2D eigenvalue weighted by Gasteiger charge is 2.16. The molecular weight excluding hydrogens is 332 g/mol. The van der Waals surface area contributed by atoms with Crippen LogP contribution in [0, 0.1) is 10.1 Å². The smallest absolute Gasteiger partial charge is 0.270 e. The Morgan fingerprint density at radius 3 is 2.96 bits per heavy atom. The molecule has 122 valence electrons. The molecule has 0 saturated carbocycles. The molecule has 1 amide bonds. The van der Waals surface area contributed by atoms with Crippen LogP contribution >= 0.6 is 11.3 Å². The number of aromatic nitrogens is 2. The standard InChI is InChI=1S/C15H12N4O4S/c1-18(15(21)9-3-2-4-10(7-9)19(22)23)8-12-16-11-5-6-24-13(11)14(20)17-12/h2-7H,8H2,1H3,(H,16,17,20). The molecule has 0 saturated heterocycles. The van der Waals surface area contributed by atoms with Gasteiger partial charge in [-0.05, 0) is 17.5 Å². The first-order chi connectivity index (χ1) is 11.5. The van der Waals surface area contributed by atoms with Crippen molar-refractivity contribution in [2.75, 3.05) is 7.05 Å². The number of nitro benzene ring substituents is 1. The summed E-state index contributed by atoms with van der Waals surface area (Å²) in [6, 6.07) is 7.24. The van der Waals surface area contributed by atoms with Crippen LogP contribution in [0.25, 0.3) is 10.2 Å². The number of carbonyl (C=O) groups is 1. The third-order valence-electron chi connectivity index (χ3n) is 3.40. The predicted octanol–water partition coefficient (Wildman–Crippen LogP) is 2.17. The van der Waals surface area contributed by atoms with Crippen molar-refractivity contribution >= 4 is 33.1 Å². The van der Waals surface area contributed by atoms with Gasteiger partial charge in [-0.15, -0.1) is 11.3 Å². The number of aromatic amines is 1. The number of hydrogen-bond donors (Lipinski definition) is 1. The number of hydrogen-bond acceptors (Lipinski definition) is 6.